The number of benzene rings is 1. The lowest BCUT2D eigenvalue weighted by Gasteiger charge is -2.35. The molecule has 5 rings (SSSR count). The Morgan fingerprint density at radius 1 is 1.16 bits per heavy atom. The number of Topliss-reactive ketones (excluding diaryl/α,β-unsaturated/α-hetero) is 1. The number of hydrogen-bond acceptors (Lipinski definition) is 7. The number of fused-ring (bicyclic) bond motifs is 2. The Morgan fingerprint density at radius 3 is 2.48 bits per heavy atom. The van der Waals surface area contributed by atoms with Gasteiger partial charge >= 0.3 is 12.1 Å². The maximum atomic E-state index is 13.7. The molecule has 44 heavy (non-hydrogen) atoms. The summed E-state index contributed by atoms with van der Waals surface area (Å²) in [5, 5.41) is 7.59. The SMILES string of the molecule is CC(C)[C@H](NC(=O)C(F)(F)F)C(=O)N1C[C@H]2[C@@H]([C@H]1CC(=O)N[C@@H](C[C@@H]1CCNC1=O)C(=O)c1nc3ccccc3s1)C2(C)C. The molecule has 1 aliphatic carbocycles. The minimum atomic E-state index is -5.15. The van der Waals surface area contributed by atoms with Gasteiger partial charge < -0.3 is 20.9 Å². The summed E-state index contributed by atoms with van der Waals surface area (Å²) in [4.78, 5) is 70.8. The summed E-state index contributed by atoms with van der Waals surface area (Å²) in [6.07, 6.45) is -4.74. The van der Waals surface area contributed by atoms with E-state index in [1.807, 2.05) is 31.3 Å². The maximum Gasteiger partial charge on any atom is 0.471 e. The first-order valence-corrected chi connectivity index (χ1v) is 15.6. The van der Waals surface area contributed by atoms with Gasteiger partial charge in [-0.3, -0.25) is 24.0 Å². The van der Waals surface area contributed by atoms with Gasteiger partial charge in [0.05, 0.1) is 16.3 Å². The number of ketones is 1. The lowest BCUT2D eigenvalue weighted by Crippen LogP contribution is -2.56. The highest BCUT2D eigenvalue weighted by Crippen LogP contribution is 2.65. The van der Waals surface area contributed by atoms with Crippen molar-refractivity contribution in [3.63, 3.8) is 0 Å². The molecule has 2 aromatic rings. The fourth-order valence-electron chi connectivity index (χ4n) is 6.80. The van der Waals surface area contributed by atoms with Gasteiger partial charge in [-0.05, 0) is 48.1 Å². The third-order valence-corrected chi connectivity index (χ3v) is 10.4. The molecule has 1 aromatic carbocycles. The molecule has 3 aliphatic rings. The number of nitrogens with zero attached hydrogens (tertiary/aromatic N) is 2. The highest BCUT2D eigenvalue weighted by atomic mass is 32.1. The minimum absolute atomic E-state index is 0.0396. The standard InChI is InChI=1S/C30H36F3N5O5S/c1-14(2)23(37-28(43)30(31,32)33)27(42)38-13-16-22(29(16,3)4)19(38)12-21(39)35-18(11-15-9-10-34-25(15)41)24(40)26-36-17-7-5-6-8-20(17)44-26/h5-8,14-16,18-19,22-23H,9-13H2,1-4H3,(H,34,41)(H,35,39)(H,37,43)/t15-,16-,18-,19+,22-,23-/m0/s1. The molecule has 0 bridgehead atoms. The zero-order chi connectivity index (χ0) is 32.1. The van der Waals surface area contributed by atoms with E-state index in [1.54, 1.807) is 26.0 Å². The molecule has 3 fully saturated rings. The van der Waals surface area contributed by atoms with E-state index in [2.05, 4.69) is 15.6 Å². The van der Waals surface area contributed by atoms with Gasteiger partial charge in [0.15, 0.2) is 5.01 Å². The third-order valence-electron chi connectivity index (χ3n) is 9.34. The molecular weight excluding hydrogens is 599 g/mol. The molecule has 3 heterocycles. The number of likely N-dealkylation sites (tertiary alicyclic amines) is 1. The first kappa shape index (κ1) is 31.9. The number of carbonyl (C=O) groups excluding carboxylic acids is 5. The molecule has 2 saturated heterocycles. The molecule has 14 heteroatoms. The lowest BCUT2D eigenvalue weighted by atomic mass is 9.94. The van der Waals surface area contributed by atoms with E-state index in [0.29, 0.717) is 18.5 Å². The van der Waals surface area contributed by atoms with Crippen LogP contribution in [-0.4, -0.2) is 76.7 Å². The third kappa shape index (κ3) is 6.18. The lowest BCUT2D eigenvalue weighted by molar-refractivity contribution is -0.175. The zero-order valence-electron chi connectivity index (χ0n) is 24.9. The molecule has 10 nitrogen and oxygen atoms in total. The second kappa shape index (κ2) is 11.8. The Bertz CT molecular complexity index is 1460. The number of thiazole rings is 1. The van der Waals surface area contributed by atoms with Crippen molar-refractivity contribution in [3.8, 4) is 0 Å². The number of carbonyl (C=O) groups is 5. The molecule has 2 aliphatic heterocycles. The van der Waals surface area contributed by atoms with Gasteiger partial charge in [0.1, 0.15) is 6.04 Å². The van der Waals surface area contributed by atoms with Crippen LogP contribution in [0.5, 0.6) is 0 Å². The molecule has 0 radical (unpaired) electrons. The van der Waals surface area contributed by atoms with Crippen molar-refractivity contribution < 1.29 is 37.1 Å². The van der Waals surface area contributed by atoms with Crippen molar-refractivity contribution in [2.45, 2.75) is 71.3 Å². The van der Waals surface area contributed by atoms with Crippen LogP contribution < -0.4 is 16.0 Å². The van der Waals surface area contributed by atoms with Crippen LogP contribution in [0.25, 0.3) is 10.2 Å². The summed E-state index contributed by atoms with van der Waals surface area (Å²) >= 11 is 1.20. The number of hydrogen-bond donors (Lipinski definition) is 3. The Hall–Kier alpha value is -3.55. The van der Waals surface area contributed by atoms with E-state index in [9.17, 15) is 37.1 Å². The number of halogens is 3. The van der Waals surface area contributed by atoms with E-state index in [-0.39, 0.29) is 47.6 Å². The summed E-state index contributed by atoms with van der Waals surface area (Å²) in [6.45, 7) is 7.82. The molecule has 4 amide bonds. The summed E-state index contributed by atoms with van der Waals surface area (Å²) in [6, 6.07) is 4.14. The number of aromatic nitrogens is 1. The molecule has 0 spiro atoms. The van der Waals surface area contributed by atoms with Crippen LogP contribution in [0.2, 0.25) is 0 Å². The van der Waals surface area contributed by atoms with Gasteiger partial charge in [-0.1, -0.05) is 39.8 Å². The quantitative estimate of drug-likeness (QED) is 0.344. The van der Waals surface area contributed by atoms with Crippen molar-refractivity contribution in [1.82, 2.24) is 25.8 Å². The smallest absolute Gasteiger partial charge is 0.356 e. The number of nitrogens with one attached hydrogen (secondary N) is 3. The predicted molar refractivity (Wildman–Crippen MR) is 155 cm³/mol. The molecule has 1 aromatic heterocycles. The second-order valence-electron chi connectivity index (χ2n) is 12.9. The first-order valence-electron chi connectivity index (χ1n) is 14.7. The number of rotatable bonds is 10. The van der Waals surface area contributed by atoms with Gasteiger partial charge in [-0.25, -0.2) is 4.98 Å². The fourth-order valence-corrected chi connectivity index (χ4v) is 7.76. The summed E-state index contributed by atoms with van der Waals surface area (Å²) in [5.74, 6) is -5.16. The Labute approximate surface area is 256 Å². The van der Waals surface area contributed by atoms with Gasteiger partial charge in [0.25, 0.3) is 0 Å². The summed E-state index contributed by atoms with van der Waals surface area (Å²) in [5.41, 5.74) is 0.451. The van der Waals surface area contributed by atoms with Gasteiger partial charge in [0, 0.05) is 31.5 Å². The highest BCUT2D eigenvalue weighted by Gasteiger charge is 2.68. The van der Waals surface area contributed by atoms with Crippen LogP contribution in [0.15, 0.2) is 24.3 Å². The van der Waals surface area contributed by atoms with Crippen molar-refractivity contribution >= 4 is 51.0 Å². The number of para-hydroxylation sites is 1. The van der Waals surface area contributed by atoms with Crippen LogP contribution in [0.3, 0.4) is 0 Å². The number of alkyl halides is 3. The normalized spacial score (nSPS) is 25.4. The van der Waals surface area contributed by atoms with Gasteiger partial charge in [-0.2, -0.15) is 13.2 Å². The van der Waals surface area contributed by atoms with Crippen LogP contribution in [0, 0.1) is 29.1 Å². The van der Waals surface area contributed by atoms with Crippen molar-refractivity contribution in [1.29, 1.82) is 0 Å². The first-order chi connectivity index (χ1) is 20.6. The zero-order valence-corrected chi connectivity index (χ0v) is 25.7. The van der Waals surface area contributed by atoms with E-state index in [0.717, 1.165) is 4.70 Å². The average Bonchev–Trinajstić information content (AvgIpc) is 3.43. The Kier molecular flexibility index (Phi) is 8.51. The summed E-state index contributed by atoms with van der Waals surface area (Å²) in [7, 11) is 0. The molecule has 1 saturated carbocycles. The van der Waals surface area contributed by atoms with Crippen LogP contribution in [0.1, 0.15) is 56.8 Å². The molecular formula is C30H36F3N5O5S. The Balaban J connectivity index is 1.35. The maximum absolute atomic E-state index is 13.7. The second-order valence-corrected chi connectivity index (χ2v) is 13.9. The molecule has 3 N–H and O–H groups in total. The summed E-state index contributed by atoms with van der Waals surface area (Å²) < 4.78 is 39.9. The van der Waals surface area contributed by atoms with Crippen molar-refractivity contribution in [2.75, 3.05) is 13.1 Å². The van der Waals surface area contributed by atoms with Gasteiger partial charge in [0.2, 0.25) is 23.5 Å². The van der Waals surface area contributed by atoms with Crippen molar-refractivity contribution in [3.05, 3.63) is 29.3 Å². The molecule has 238 valence electrons. The van der Waals surface area contributed by atoms with E-state index in [1.165, 1.54) is 16.2 Å². The number of piperidine rings is 1. The average molecular weight is 636 g/mol. The predicted octanol–water partition coefficient (Wildman–Crippen LogP) is 3.07. The topological polar surface area (TPSA) is 138 Å². The van der Waals surface area contributed by atoms with E-state index in [4.69, 9.17) is 0 Å². The van der Waals surface area contributed by atoms with E-state index >= 15 is 0 Å². The molecule has 0 unspecified atom stereocenters. The Morgan fingerprint density at radius 2 is 1.86 bits per heavy atom. The number of amides is 4. The highest BCUT2D eigenvalue weighted by molar-refractivity contribution is 7.20. The molecule has 6 atom stereocenters. The minimum Gasteiger partial charge on any atom is -0.356 e. The van der Waals surface area contributed by atoms with Gasteiger partial charge in [-0.15, -0.1) is 11.3 Å². The fraction of sp³-hybridized carbons (Fsp3) is 0.600. The largest absolute Gasteiger partial charge is 0.471 e. The van der Waals surface area contributed by atoms with Crippen LogP contribution in [-0.2, 0) is 19.2 Å². The van der Waals surface area contributed by atoms with Crippen molar-refractivity contribution in [2.24, 2.45) is 29.1 Å². The van der Waals surface area contributed by atoms with Crippen LogP contribution in [0.4, 0.5) is 13.2 Å². The monoisotopic (exact) mass is 635 g/mol. The van der Waals surface area contributed by atoms with E-state index < -0.39 is 59.6 Å². The van der Waals surface area contributed by atoms with Crippen LogP contribution >= 0.6 is 11.3 Å².